The van der Waals surface area contributed by atoms with E-state index in [0.717, 1.165) is 24.1 Å². The molecular formula is C31H28N2O4. The van der Waals surface area contributed by atoms with E-state index in [2.05, 4.69) is 6.92 Å². The minimum atomic E-state index is -0.776. The van der Waals surface area contributed by atoms with Gasteiger partial charge >= 0.3 is 0 Å². The molecule has 3 aromatic carbocycles. The molecule has 3 heterocycles. The minimum Gasteiger partial charge on any atom is -0.494 e. The quantitative estimate of drug-likeness (QED) is 0.260. The number of carbonyl (C=O) groups is 3. The van der Waals surface area contributed by atoms with Gasteiger partial charge in [0.15, 0.2) is 5.78 Å². The highest BCUT2D eigenvalue weighted by Crippen LogP contribution is 2.49. The summed E-state index contributed by atoms with van der Waals surface area (Å²) in [4.78, 5) is 45.1. The molecule has 3 aliphatic heterocycles. The number of hydrogen-bond donors (Lipinski definition) is 0. The van der Waals surface area contributed by atoms with Gasteiger partial charge < -0.3 is 9.64 Å². The lowest BCUT2D eigenvalue weighted by atomic mass is 9.86. The lowest BCUT2D eigenvalue weighted by Crippen LogP contribution is -2.48. The van der Waals surface area contributed by atoms with E-state index in [1.165, 1.54) is 4.90 Å². The Hall–Kier alpha value is -4.19. The van der Waals surface area contributed by atoms with Gasteiger partial charge in [0.2, 0.25) is 11.8 Å². The first-order valence-electron chi connectivity index (χ1n) is 12.9. The highest BCUT2D eigenvalue weighted by molar-refractivity contribution is 6.25. The fraction of sp³-hybridized carbons (Fsp3) is 0.258. The number of rotatable bonds is 7. The third-order valence-corrected chi connectivity index (χ3v) is 7.60. The number of nitrogens with zero attached hydrogens (tertiary/aromatic N) is 2. The van der Waals surface area contributed by atoms with Crippen molar-refractivity contribution in [3.05, 3.63) is 96.1 Å². The topological polar surface area (TPSA) is 66.9 Å². The number of para-hydroxylation sites is 1. The van der Waals surface area contributed by atoms with Gasteiger partial charge in [0.05, 0.1) is 30.2 Å². The zero-order chi connectivity index (χ0) is 25.5. The molecule has 6 nitrogen and oxygen atoms in total. The molecule has 0 N–H and O–H groups in total. The van der Waals surface area contributed by atoms with Crippen LogP contribution in [0.3, 0.4) is 0 Å². The van der Waals surface area contributed by atoms with E-state index in [1.807, 2.05) is 59.5 Å². The number of benzene rings is 3. The van der Waals surface area contributed by atoms with Gasteiger partial charge in [0.1, 0.15) is 11.8 Å². The molecule has 0 spiro atoms. The first-order valence-corrected chi connectivity index (χ1v) is 12.9. The molecule has 3 aliphatic rings. The molecule has 4 atom stereocenters. The highest BCUT2D eigenvalue weighted by atomic mass is 16.5. The zero-order valence-electron chi connectivity index (χ0n) is 20.6. The van der Waals surface area contributed by atoms with Crippen LogP contribution in [-0.2, 0) is 9.59 Å². The van der Waals surface area contributed by atoms with Crippen molar-refractivity contribution in [2.45, 2.75) is 31.8 Å². The van der Waals surface area contributed by atoms with Crippen LogP contribution in [0.5, 0.6) is 5.75 Å². The Balaban J connectivity index is 1.38. The largest absolute Gasteiger partial charge is 0.494 e. The zero-order valence-corrected chi connectivity index (χ0v) is 20.6. The Labute approximate surface area is 216 Å². The maximum absolute atomic E-state index is 14.0. The molecule has 0 radical (unpaired) electrons. The van der Waals surface area contributed by atoms with Crippen molar-refractivity contribution in [1.82, 2.24) is 0 Å². The molecular weight excluding hydrogens is 464 g/mol. The number of anilines is 2. The van der Waals surface area contributed by atoms with Crippen LogP contribution in [0.2, 0.25) is 0 Å². The van der Waals surface area contributed by atoms with Crippen molar-refractivity contribution in [2.24, 2.45) is 11.8 Å². The predicted molar refractivity (Wildman–Crippen MR) is 143 cm³/mol. The van der Waals surface area contributed by atoms with Crippen molar-refractivity contribution in [3.63, 3.8) is 0 Å². The number of hydrogen-bond acceptors (Lipinski definition) is 5. The molecule has 37 heavy (non-hydrogen) atoms. The third-order valence-electron chi connectivity index (χ3n) is 7.60. The van der Waals surface area contributed by atoms with E-state index in [1.54, 1.807) is 36.4 Å². The summed E-state index contributed by atoms with van der Waals surface area (Å²) in [5.74, 6) is -1.46. The van der Waals surface area contributed by atoms with Gasteiger partial charge in [-0.25, -0.2) is 4.90 Å². The monoisotopic (exact) mass is 492 g/mol. The Morgan fingerprint density at radius 1 is 0.865 bits per heavy atom. The highest BCUT2D eigenvalue weighted by Gasteiger charge is 2.64. The SMILES string of the molecule is CCCCOc1ccc(N2C(=O)[C@@H]3[C@H](C2=O)[C@H](C(=O)c2ccccc2)N2c4ccccc4C=C[C@@H]32)cc1. The van der Waals surface area contributed by atoms with Crippen LogP contribution >= 0.6 is 0 Å². The number of amides is 2. The average molecular weight is 493 g/mol. The number of imide groups is 1. The number of ketones is 1. The van der Waals surface area contributed by atoms with Crippen LogP contribution in [0.1, 0.15) is 35.7 Å². The van der Waals surface area contributed by atoms with Gasteiger partial charge in [0, 0.05) is 11.3 Å². The van der Waals surface area contributed by atoms with Gasteiger partial charge in [-0.1, -0.05) is 74.0 Å². The Kier molecular flexibility index (Phi) is 5.87. The smallest absolute Gasteiger partial charge is 0.240 e. The molecule has 3 aromatic rings. The van der Waals surface area contributed by atoms with Crippen LogP contribution in [0.25, 0.3) is 6.08 Å². The summed E-state index contributed by atoms with van der Waals surface area (Å²) in [6, 6.07) is 22.8. The maximum Gasteiger partial charge on any atom is 0.240 e. The van der Waals surface area contributed by atoms with E-state index in [-0.39, 0.29) is 23.6 Å². The van der Waals surface area contributed by atoms with E-state index < -0.39 is 17.9 Å². The molecule has 186 valence electrons. The molecule has 6 rings (SSSR count). The van der Waals surface area contributed by atoms with Gasteiger partial charge in [-0.2, -0.15) is 0 Å². The summed E-state index contributed by atoms with van der Waals surface area (Å²) in [5.41, 5.74) is 2.88. The first-order chi connectivity index (χ1) is 18.1. The van der Waals surface area contributed by atoms with Crippen LogP contribution < -0.4 is 14.5 Å². The van der Waals surface area contributed by atoms with Crippen LogP contribution in [0.4, 0.5) is 11.4 Å². The van der Waals surface area contributed by atoms with Crippen LogP contribution in [0.15, 0.2) is 84.9 Å². The van der Waals surface area contributed by atoms with Gasteiger partial charge in [0.25, 0.3) is 0 Å². The van der Waals surface area contributed by atoms with E-state index in [4.69, 9.17) is 4.74 Å². The van der Waals surface area contributed by atoms with Crippen LogP contribution in [-0.4, -0.2) is 36.3 Å². The Morgan fingerprint density at radius 3 is 2.32 bits per heavy atom. The number of unbranched alkanes of at least 4 members (excludes halogenated alkanes) is 1. The fourth-order valence-corrected chi connectivity index (χ4v) is 5.87. The van der Waals surface area contributed by atoms with E-state index in [0.29, 0.717) is 23.6 Å². The summed E-state index contributed by atoms with van der Waals surface area (Å²) >= 11 is 0. The molecule has 0 aliphatic carbocycles. The molecule has 2 fully saturated rings. The Bertz CT molecular complexity index is 1380. The number of Topliss-reactive ketones (excluding diaryl/α,β-unsaturated/α-hetero) is 1. The standard InChI is InChI=1S/C31H28N2O4/c1-2-3-19-37-23-16-14-22(15-17-23)32-30(35)26-25-18-13-20-9-7-8-12-24(20)33(25)28(27(26)31(32)36)29(34)21-10-5-4-6-11-21/h4-18,25-28H,2-3,19H2,1H3/t25-,26-,27-,28+/m0/s1. The number of ether oxygens (including phenoxy) is 1. The average Bonchev–Trinajstić information content (AvgIpc) is 3.42. The fourth-order valence-electron chi connectivity index (χ4n) is 5.87. The van der Waals surface area contributed by atoms with E-state index in [9.17, 15) is 14.4 Å². The lowest BCUT2D eigenvalue weighted by Gasteiger charge is -2.36. The molecule has 0 unspecified atom stereocenters. The normalized spacial score (nSPS) is 23.6. The predicted octanol–water partition coefficient (Wildman–Crippen LogP) is 5.14. The summed E-state index contributed by atoms with van der Waals surface area (Å²) in [7, 11) is 0. The molecule has 0 bridgehead atoms. The molecule has 2 saturated heterocycles. The van der Waals surface area contributed by atoms with E-state index >= 15 is 0 Å². The molecule has 0 aromatic heterocycles. The van der Waals surface area contributed by atoms with Crippen molar-refractivity contribution < 1.29 is 19.1 Å². The van der Waals surface area contributed by atoms with Crippen molar-refractivity contribution in [2.75, 3.05) is 16.4 Å². The second-order valence-corrected chi connectivity index (χ2v) is 9.75. The maximum atomic E-state index is 14.0. The van der Waals surface area contributed by atoms with Crippen molar-refractivity contribution >= 4 is 35.0 Å². The first kappa shape index (κ1) is 23.2. The van der Waals surface area contributed by atoms with Crippen molar-refractivity contribution in [1.29, 1.82) is 0 Å². The van der Waals surface area contributed by atoms with Crippen LogP contribution in [0, 0.1) is 11.8 Å². The van der Waals surface area contributed by atoms with Gasteiger partial charge in [-0.15, -0.1) is 0 Å². The minimum absolute atomic E-state index is 0.147. The summed E-state index contributed by atoms with van der Waals surface area (Å²) < 4.78 is 5.74. The molecule has 6 heteroatoms. The number of carbonyl (C=O) groups excluding carboxylic acids is 3. The Morgan fingerprint density at radius 2 is 1.57 bits per heavy atom. The summed E-state index contributed by atoms with van der Waals surface area (Å²) in [5, 5.41) is 0. The second kappa shape index (κ2) is 9.36. The van der Waals surface area contributed by atoms with Gasteiger partial charge in [-0.3, -0.25) is 14.4 Å². The second-order valence-electron chi connectivity index (χ2n) is 9.75. The summed E-state index contributed by atoms with van der Waals surface area (Å²) in [6.45, 7) is 2.72. The number of fused-ring (bicyclic) bond motifs is 5. The van der Waals surface area contributed by atoms with Gasteiger partial charge in [-0.05, 0) is 42.3 Å². The molecule has 2 amide bonds. The third kappa shape index (κ3) is 3.75. The molecule has 0 saturated carbocycles. The summed E-state index contributed by atoms with van der Waals surface area (Å²) in [6.07, 6.45) is 5.96. The lowest BCUT2D eigenvalue weighted by molar-refractivity contribution is -0.122. The van der Waals surface area contributed by atoms with Crippen molar-refractivity contribution in [3.8, 4) is 5.75 Å².